The number of carbonyl (C=O) groups excluding carboxylic acids is 1. The second kappa shape index (κ2) is 6.47. The molecule has 1 fully saturated rings. The zero-order valence-electron chi connectivity index (χ0n) is 13.8. The van der Waals surface area contributed by atoms with E-state index in [0.717, 1.165) is 16.7 Å². The van der Waals surface area contributed by atoms with Crippen molar-refractivity contribution < 1.29 is 14.7 Å². The van der Waals surface area contributed by atoms with E-state index in [2.05, 4.69) is 5.10 Å². The first-order valence-corrected chi connectivity index (χ1v) is 8.01. The molecule has 2 heterocycles. The Hall–Kier alpha value is -2.63. The summed E-state index contributed by atoms with van der Waals surface area (Å²) >= 11 is 0. The first-order chi connectivity index (χ1) is 11.5. The maximum atomic E-state index is 12.5. The summed E-state index contributed by atoms with van der Waals surface area (Å²) in [5, 5.41) is 13.7. The number of aromatic nitrogens is 2. The summed E-state index contributed by atoms with van der Waals surface area (Å²) in [6.45, 7) is 4.71. The molecule has 0 unspecified atom stereocenters. The first-order valence-electron chi connectivity index (χ1n) is 8.01. The van der Waals surface area contributed by atoms with Crippen LogP contribution in [-0.4, -0.2) is 44.8 Å². The summed E-state index contributed by atoms with van der Waals surface area (Å²) in [4.78, 5) is 25.8. The van der Waals surface area contributed by atoms with Gasteiger partial charge < -0.3 is 10.0 Å². The van der Waals surface area contributed by atoms with Crippen molar-refractivity contribution in [2.24, 2.45) is 5.92 Å². The highest BCUT2D eigenvalue weighted by Gasteiger charge is 2.40. The number of aryl methyl sites for hydroxylation is 2. The third kappa shape index (κ3) is 3.18. The second-order valence-electron chi connectivity index (χ2n) is 6.42. The second-order valence-corrected chi connectivity index (χ2v) is 6.42. The van der Waals surface area contributed by atoms with E-state index in [1.54, 1.807) is 15.8 Å². The van der Waals surface area contributed by atoms with Crippen LogP contribution in [0, 0.1) is 19.8 Å². The monoisotopic (exact) mass is 327 g/mol. The number of hydrogen-bond acceptors (Lipinski definition) is 3. The van der Waals surface area contributed by atoms with E-state index in [0.29, 0.717) is 6.54 Å². The molecule has 24 heavy (non-hydrogen) atoms. The van der Waals surface area contributed by atoms with Crippen molar-refractivity contribution in [1.82, 2.24) is 14.7 Å². The van der Waals surface area contributed by atoms with E-state index in [9.17, 15) is 14.7 Å². The van der Waals surface area contributed by atoms with Gasteiger partial charge in [0.15, 0.2) is 0 Å². The Morgan fingerprint density at radius 1 is 1.25 bits per heavy atom. The summed E-state index contributed by atoms with van der Waals surface area (Å²) in [6, 6.07) is 7.79. The normalized spacial score (nSPS) is 20.3. The van der Waals surface area contributed by atoms with Gasteiger partial charge in [-0.05, 0) is 30.5 Å². The fourth-order valence-corrected chi connectivity index (χ4v) is 3.37. The first kappa shape index (κ1) is 16.2. The lowest BCUT2D eigenvalue weighted by Gasteiger charge is -2.18. The highest BCUT2D eigenvalue weighted by atomic mass is 16.4. The van der Waals surface area contributed by atoms with Crippen LogP contribution in [0.15, 0.2) is 36.7 Å². The topological polar surface area (TPSA) is 75.4 Å². The summed E-state index contributed by atoms with van der Waals surface area (Å²) in [5.41, 5.74) is 3.06. The largest absolute Gasteiger partial charge is 0.481 e. The van der Waals surface area contributed by atoms with E-state index in [1.807, 2.05) is 44.3 Å². The Labute approximate surface area is 140 Å². The van der Waals surface area contributed by atoms with Gasteiger partial charge >= 0.3 is 5.97 Å². The Kier molecular flexibility index (Phi) is 4.38. The number of likely N-dealkylation sites (tertiary alicyclic amines) is 1. The molecule has 1 saturated heterocycles. The van der Waals surface area contributed by atoms with Crippen molar-refractivity contribution in [3.63, 3.8) is 0 Å². The van der Waals surface area contributed by atoms with Gasteiger partial charge in [0.1, 0.15) is 6.54 Å². The minimum atomic E-state index is -0.853. The summed E-state index contributed by atoms with van der Waals surface area (Å²) in [6.07, 6.45) is 3.51. The molecule has 0 radical (unpaired) electrons. The van der Waals surface area contributed by atoms with Gasteiger partial charge in [0.2, 0.25) is 5.91 Å². The fraction of sp³-hybridized carbons (Fsp3) is 0.389. The highest BCUT2D eigenvalue weighted by molar-refractivity contribution is 5.79. The molecule has 1 amide bonds. The Morgan fingerprint density at radius 3 is 2.62 bits per heavy atom. The highest BCUT2D eigenvalue weighted by Crippen LogP contribution is 2.34. The van der Waals surface area contributed by atoms with Crippen molar-refractivity contribution in [2.45, 2.75) is 26.3 Å². The molecule has 6 heteroatoms. The van der Waals surface area contributed by atoms with E-state index in [4.69, 9.17) is 0 Å². The lowest BCUT2D eigenvalue weighted by atomic mass is 9.86. The zero-order valence-corrected chi connectivity index (χ0v) is 13.8. The van der Waals surface area contributed by atoms with Gasteiger partial charge in [-0.25, -0.2) is 0 Å². The Balaban J connectivity index is 1.78. The van der Waals surface area contributed by atoms with E-state index < -0.39 is 11.9 Å². The molecule has 2 atom stereocenters. The molecule has 6 nitrogen and oxygen atoms in total. The minimum Gasteiger partial charge on any atom is -0.481 e. The van der Waals surface area contributed by atoms with Crippen LogP contribution in [0.5, 0.6) is 0 Å². The van der Waals surface area contributed by atoms with Crippen molar-refractivity contribution in [3.05, 3.63) is 53.3 Å². The average Bonchev–Trinajstić information content (AvgIpc) is 3.14. The van der Waals surface area contributed by atoms with Gasteiger partial charge in [-0.15, -0.1) is 0 Å². The van der Waals surface area contributed by atoms with Crippen LogP contribution in [0.2, 0.25) is 0 Å². The lowest BCUT2D eigenvalue weighted by Crippen LogP contribution is -2.33. The molecule has 126 valence electrons. The molecule has 3 rings (SSSR count). The minimum absolute atomic E-state index is 0.0968. The lowest BCUT2D eigenvalue weighted by molar-refractivity contribution is -0.141. The molecular weight excluding hydrogens is 306 g/mol. The maximum absolute atomic E-state index is 12.5. The van der Waals surface area contributed by atoms with Crippen molar-refractivity contribution in [1.29, 1.82) is 0 Å². The van der Waals surface area contributed by atoms with Gasteiger partial charge in [-0.1, -0.05) is 24.3 Å². The molecular formula is C18H21N3O3. The standard InChI is InChI=1S/C18H21N3O3/c1-12-7-19-21(8-12)11-17(22)20-9-15(16(10-20)18(23)24)14-6-4-3-5-13(14)2/h3-8,15-16H,9-11H2,1-2H3,(H,23,24)/t15-,16+/m0/s1. The zero-order chi connectivity index (χ0) is 17.3. The summed E-state index contributed by atoms with van der Waals surface area (Å²) < 4.78 is 1.59. The molecule has 1 aromatic heterocycles. The molecule has 0 bridgehead atoms. The predicted octanol–water partition coefficient (Wildman–Crippen LogP) is 1.83. The van der Waals surface area contributed by atoms with Crippen molar-refractivity contribution in [3.8, 4) is 0 Å². The molecule has 0 saturated carbocycles. The van der Waals surface area contributed by atoms with Gasteiger partial charge in [-0.2, -0.15) is 5.10 Å². The Bertz CT molecular complexity index is 768. The quantitative estimate of drug-likeness (QED) is 0.929. The summed E-state index contributed by atoms with van der Waals surface area (Å²) in [5.74, 6) is -1.70. The third-order valence-corrected chi connectivity index (χ3v) is 4.64. The van der Waals surface area contributed by atoms with Crippen LogP contribution in [0.25, 0.3) is 0 Å². The number of carboxylic acids is 1. The van der Waals surface area contributed by atoms with Crippen LogP contribution in [-0.2, 0) is 16.1 Å². The molecule has 1 aromatic carbocycles. The van der Waals surface area contributed by atoms with Crippen LogP contribution < -0.4 is 0 Å². The number of carboxylic acid groups (broad SMARTS) is 1. The number of hydrogen-bond donors (Lipinski definition) is 1. The van der Waals surface area contributed by atoms with Crippen molar-refractivity contribution >= 4 is 11.9 Å². The van der Waals surface area contributed by atoms with Gasteiger partial charge in [-0.3, -0.25) is 14.3 Å². The van der Waals surface area contributed by atoms with Crippen LogP contribution in [0.3, 0.4) is 0 Å². The van der Waals surface area contributed by atoms with E-state index in [1.165, 1.54) is 0 Å². The Morgan fingerprint density at radius 2 is 2.00 bits per heavy atom. The average molecular weight is 327 g/mol. The number of benzene rings is 1. The summed E-state index contributed by atoms with van der Waals surface area (Å²) in [7, 11) is 0. The maximum Gasteiger partial charge on any atom is 0.308 e. The van der Waals surface area contributed by atoms with Crippen LogP contribution in [0.4, 0.5) is 0 Å². The molecule has 1 N–H and O–H groups in total. The van der Waals surface area contributed by atoms with Crippen molar-refractivity contribution in [2.75, 3.05) is 13.1 Å². The van der Waals surface area contributed by atoms with Crippen LogP contribution >= 0.6 is 0 Å². The van der Waals surface area contributed by atoms with Crippen LogP contribution in [0.1, 0.15) is 22.6 Å². The number of carbonyl (C=O) groups is 2. The number of nitrogens with zero attached hydrogens (tertiary/aromatic N) is 3. The van der Waals surface area contributed by atoms with Gasteiger partial charge in [0, 0.05) is 25.2 Å². The molecule has 0 aliphatic carbocycles. The number of aliphatic carboxylic acids is 1. The fourth-order valence-electron chi connectivity index (χ4n) is 3.37. The van der Waals surface area contributed by atoms with Gasteiger partial charge in [0.25, 0.3) is 0 Å². The van der Waals surface area contributed by atoms with Gasteiger partial charge in [0.05, 0.1) is 12.1 Å². The van der Waals surface area contributed by atoms with E-state index >= 15 is 0 Å². The molecule has 1 aliphatic heterocycles. The predicted molar refractivity (Wildman–Crippen MR) is 88.6 cm³/mol. The number of amides is 1. The smallest absolute Gasteiger partial charge is 0.308 e. The third-order valence-electron chi connectivity index (χ3n) is 4.64. The van der Waals surface area contributed by atoms with E-state index in [-0.39, 0.29) is 24.9 Å². The number of rotatable bonds is 4. The molecule has 1 aliphatic rings. The molecule has 2 aromatic rings. The molecule has 0 spiro atoms. The SMILES string of the molecule is Cc1cnn(CC(=O)N2C[C@@H](C(=O)O)[C@H](c3ccccc3C)C2)c1.